The molecule has 0 amide bonds. The van der Waals surface area contributed by atoms with Crippen molar-refractivity contribution >= 4 is 33.6 Å². The third-order valence-electron chi connectivity index (χ3n) is 4.64. The number of nitrogens with one attached hydrogen (secondary N) is 1. The van der Waals surface area contributed by atoms with Crippen LogP contribution < -0.4 is 19.7 Å². The van der Waals surface area contributed by atoms with Gasteiger partial charge in [0.25, 0.3) is 4.96 Å². The van der Waals surface area contributed by atoms with Crippen LogP contribution in [0.2, 0.25) is 0 Å². The number of nitrogens with zero attached hydrogens (tertiary/aromatic N) is 4. The highest BCUT2D eigenvalue weighted by molar-refractivity contribution is 7.15. The summed E-state index contributed by atoms with van der Waals surface area (Å²) in [5, 5.41) is 16.5. The average molecular weight is 389 g/mol. The topological polar surface area (TPSA) is 94.2 Å². The Morgan fingerprint density at radius 1 is 1.30 bits per heavy atom. The number of methoxy groups -OCH3 is 2. The standard InChI is InChI=1S/C17H19N5O4S/c1-25-13-7-12(8-14(9-13)26-2)20-4-3-11(10-20)18-15-16(22(23)24)21-5-6-27-17(21)19-15/h5-9,11,18H,3-4,10H2,1-2H3. The molecule has 2 aromatic heterocycles. The van der Waals surface area contributed by atoms with E-state index in [1.165, 1.54) is 15.7 Å². The molecule has 27 heavy (non-hydrogen) atoms. The highest BCUT2D eigenvalue weighted by atomic mass is 32.1. The van der Waals surface area contributed by atoms with Crippen LogP contribution in [0.3, 0.4) is 0 Å². The summed E-state index contributed by atoms with van der Waals surface area (Å²) in [6.07, 6.45) is 2.52. The molecule has 1 fully saturated rings. The van der Waals surface area contributed by atoms with Crippen LogP contribution in [0.5, 0.6) is 11.5 Å². The van der Waals surface area contributed by atoms with Crippen LogP contribution in [0, 0.1) is 10.1 Å². The largest absolute Gasteiger partial charge is 0.497 e. The minimum absolute atomic E-state index is 0.0206. The van der Waals surface area contributed by atoms with E-state index in [1.54, 1.807) is 25.8 Å². The first-order valence-electron chi connectivity index (χ1n) is 8.43. The van der Waals surface area contributed by atoms with Gasteiger partial charge in [-0.3, -0.25) is 0 Å². The van der Waals surface area contributed by atoms with Crippen molar-refractivity contribution in [2.45, 2.75) is 12.5 Å². The second kappa shape index (κ2) is 6.95. The summed E-state index contributed by atoms with van der Waals surface area (Å²) in [5.74, 6) is 1.76. The number of hydrogen-bond acceptors (Lipinski definition) is 8. The van der Waals surface area contributed by atoms with Crippen molar-refractivity contribution in [1.82, 2.24) is 9.38 Å². The molecule has 142 valence electrons. The van der Waals surface area contributed by atoms with Gasteiger partial charge in [0, 0.05) is 48.4 Å². The summed E-state index contributed by atoms with van der Waals surface area (Å²) in [6.45, 7) is 1.53. The number of nitro groups is 1. The normalized spacial score (nSPS) is 16.7. The fourth-order valence-electron chi connectivity index (χ4n) is 3.33. The number of benzene rings is 1. The number of anilines is 2. The fourth-order valence-corrected chi connectivity index (χ4v) is 4.04. The molecule has 0 spiro atoms. The Balaban J connectivity index is 1.53. The Morgan fingerprint density at radius 2 is 2.04 bits per heavy atom. The van der Waals surface area contributed by atoms with Crippen LogP contribution in [0.1, 0.15) is 6.42 Å². The number of aromatic nitrogens is 2. The first-order valence-corrected chi connectivity index (χ1v) is 9.31. The SMILES string of the molecule is COc1cc(OC)cc(N2CCC(Nc3nc4sccn4c3[N+](=O)[O-])C2)c1. The van der Waals surface area contributed by atoms with Gasteiger partial charge >= 0.3 is 5.82 Å². The molecule has 1 unspecified atom stereocenters. The minimum atomic E-state index is -0.394. The number of rotatable bonds is 6. The lowest BCUT2D eigenvalue weighted by Crippen LogP contribution is -2.26. The van der Waals surface area contributed by atoms with Crippen LogP contribution in [0.4, 0.5) is 17.3 Å². The average Bonchev–Trinajstić information content (AvgIpc) is 3.37. The van der Waals surface area contributed by atoms with E-state index in [2.05, 4.69) is 15.2 Å². The quantitative estimate of drug-likeness (QED) is 0.511. The number of fused-ring (bicyclic) bond motifs is 1. The maximum Gasteiger partial charge on any atom is 0.372 e. The predicted octanol–water partition coefficient (Wildman–Crippen LogP) is 3.01. The van der Waals surface area contributed by atoms with Gasteiger partial charge in [0.1, 0.15) is 17.7 Å². The first-order chi connectivity index (χ1) is 13.1. The van der Waals surface area contributed by atoms with Crippen LogP contribution >= 0.6 is 11.3 Å². The summed E-state index contributed by atoms with van der Waals surface area (Å²) in [6, 6.07) is 5.81. The van der Waals surface area contributed by atoms with Gasteiger partial charge in [0.15, 0.2) is 0 Å². The van der Waals surface area contributed by atoms with Crippen molar-refractivity contribution in [1.29, 1.82) is 0 Å². The summed E-state index contributed by atoms with van der Waals surface area (Å²) in [5.41, 5.74) is 0.996. The van der Waals surface area contributed by atoms with Gasteiger partial charge in [-0.1, -0.05) is 11.3 Å². The summed E-state index contributed by atoms with van der Waals surface area (Å²) < 4.78 is 12.2. The van der Waals surface area contributed by atoms with Crippen LogP contribution in [0.25, 0.3) is 4.96 Å². The van der Waals surface area contributed by atoms with E-state index in [1.807, 2.05) is 18.2 Å². The van der Waals surface area contributed by atoms with E-state index in [4.69, 9.17) is 9.47 Å². The van der Waals surface area contributed by atoms with E-state index in [0.717, 1.165) is 30.2 Å². The van der Waals surface area contributed by atoms with Crippen LogP contribution in [-0.2, 0) is 0 Å². The number of thiazole rings is 1. The zero-order valence-electron chi connectivity index (χ0n) is 14.9. The van der Waals surface area contributed by atoms with E-state index < -0.39 is 4.92 Å². The number of ether oxygens (including phenoxy) is 2. The maximum absolute atomic E-state index is 11.5. The molecule has 0 saturated carbocycles. The molecule has 10 heteroatoms. The molecule has 1 saturated heterocycles. The lowest BCUT2D eigenvalue weighted by atomic mass is 10.2. The van der Waals surface area contributed by atoms with Crippen molar-refractivity contribution in [2.75, 3.05) is 37.5 Å². The van der Waals surface area contributed by atoms with E-state index in [0.29, 0.717) is 17.3 Å². The molecule has 3 aromatic rings. The second-order valence-corrected chi connectivity index (χ2v) is 7.12. The molecule has 1 atom stereocenters. The van der Waals surface area contributed by atoms with Gasteiger partial charge in [-0.25, -0.2) is 0 Å². The molecule has 0 aliphatic carbocycles. The molecule has 9 nitrogen and oxygen atoms in total. The van der Waals surface area contributed by atoms with Crippen molar-refractivity contribution < 1.29 is 14.4 Å². The van der Waals surface area contributed by atoms with E-state index in [-0.39, 0.29) is 11.9 Å². The predicted molar refractivity (Wildman–Crippen MR) is 104 cm³/mol. The molecule has 4 rings (SSSR count). The zero-order chi connectivity index (χ0) is 19.0. The second-order valence-electron chi connectivity index (χ2n) is 6.24. The lowest BCUT2D eigenvalue weighted by molar-refractivity contribution is -0.389. The molecule has 0 radical (unpaired) electrons. The molecular formula is C17H19N5O4S. The Labute approximate surface area is 159 Å². The van der Waals surface area contributed by atoms with Crippen molar-refractivity contribution in [3.8, 4) is 11.5 Å². The Morgan fingerprint density at radius 3 is 2.70 bits per heavy atom. The Bertz CT molecular complexity index is 963. The monoisotopic (exact) mass is 389 g/mol. The van der Waals surface area contributed by atoms with E-state index >= 15 is 0 Å². The summed E-state index contributed by atoms with van der Waals surface area (Å²) in [4.78, 5) is 18.3. The summed E-state index contributed by atoms with van der Waals surface area (Å²) in [7, 11) is 3.24. The van der Waals surface area contributed by atoms with Crippen molar-refractivity contribution in [3.63, 3.8) is 0 Å². The highest BCUT2D eigenvalue weighted by Gasteiger charge is 2.29. The van der Waals surface area contributed by atoms with Crippen LogP contribution in [0.15, 0.2) is 29.8 Å². The van der Waals surface area contributed by atoms with E-state index in [9.17, 15) is 10.1 Å². The lowest BCUT2D eigenvalue weighted by Gasteiger charge is -2.20. The van der Waals surface area contributed by atoms with Gasteiger partial charge in [-0.15, -0.1) is 0 Å². The third kappa shape index (κ3) is 3.23. The first kappa shape index (κ1) is 17.4. The third-order valence-corrected chi connectivity index (χ3v) is 5.40. The minimum Gasteiger partial charge on any atom is -0.497 e. The van der Waals surface area contributed by atoms with Crippen molar-refractivity contribution in [2.24, 2.45) is 0 Å². The molecule has 1 N–H and O–H groups in total. The molecular weight excluding hydrogens is 370 g/mol. The smallest absolute Gasteiger partial charge is 0.372 e. The zero-order valence-corrected chi connectivity index (χ0v) is 15.7. The van der Waals surface area contributed by atoms with Gasteiger partial charge in [-0.2, -0.15) is 9.38 Å². The highest BCUT2D eigenvalue weighted by Crippen LogP contribution is 2.33. The number of hydrogen-bond donors (Lipinski definition) is 1. The van der Waals surface area contributed by atoms with Gasteiger partial charge in [0.05, 0.1) is 14.2 Å². The van der Waals surface area contributed by atoms with Gasteiger partial charge < -0.3 is 29.8 Å². The molecule has 3 heterocycles. The molecule has 1 aliphatic heterocycles. The van der Waals surface area contributed by atoms with Gasteiger partial charge in [0.2, 0.25) is 5.82 Å². The Kier molecular flexibility index (Phi) is 4.48. The van der Waals surface area contributed by atoms with Crippen LogP contribution in [-0.4, -0.2) is 47.7 Å². The summed E-state index contributed by atoms with van der Waals surface area (Å²) >= 11 is 1.37. The van der Waals surface area contributed by atoms with Crippen molar-refractivity contribution in [3.05, 3.63) is 39.9 Å². The molecule has 0 bridgehead atoms. The van der Waals surface area contributed by atoms with Gasteiger partial charge in [-0.05, 0) is 11.3 Å². The Hall–Kier alpha value is -3.01. The molecule has 1 aliphatic rings. The molecule has 1 aromatic carbocycles. The maximum atomic E-state index is 11.5. The number of imidazole rings is 1. The fraction of sp³-hybridized carbons (Fsp3) is 0.353.